The summed E-state index contributed by atoms with van der Waals surface area (Å²) in [4.78, 5) is 0. The standard InChI is InChI=1S/C16H16BrClO/c17-15-11-13(18)9-10-14(15)16(19)8-4-7-12-5-2-1-3-6-12/h1-3,5-6,9-11,16,19H,4,7-8H2. The molecular formula is C16H16BrClO. The molecule has 0 aliphatic heterocycles. The Balaban J connectivity index is 1.89. The lowest BCUT2D eigenvalue weighted by molar-refractivity contribution is 0.164. The lowest BCUT2D eigenvalue weighted by Crippen LogP contribution is -1.99. The molecule has 2 rings (SSSR count). The minimum Gasteiger partial charge on any atom is -0.388 e. The summed E-state index contributed by atoms with van der Waals surface area (Å²) in [5.74, 6) is 0. The number of aliphatic hydroxyl groups is 1. The number of hydrogen-bond acceptors (Lipinski definition) is 1. The van der Waals surface area contributed by atoms with E-state index in [4.69, 9.17) is 11.6 Å². The average Bonchev–Trinajstić information content (AvgIpc) is 2.39. The summed E-state index contributed by atoms with van der Waals surface area (Å²) in [5, 5.41) is 10.9. The van der Waals surface area contributed by atoms with Gasteiger partial charge in [0.25, 0.3) is 0 Å². The molecule has 2 aromatic rings. The van der Waals surface area contributed by atoms with E-state index >= 15 is 0 Å². The van der Waals surface area contributed by atoms with Crippen LogP contribution in [0.1, 0.15) is 30.1 Å². The maximum atomic E-state index is 10.2. The van der Waals surface area contributed by atoms with Crippen molar-refractivity contribution in [3.8, 4) is 0 Å². The van der Waals surface area contributed by atoms with E-state index in [1.54, 1.807) is 0 Å². The van der Waals surface area contributed by atoms with Gasteiger partial charge in [0.05, 0.1) is 6.10 Å². The van der Waals surface area contributed by atoms with Crippen LogP contribution in [-0.2, 0) is 6.42 Å². The fraction of sp³-hybridized carbons (Fsp3) is 0.250. The molecule has 2 aromatic carbocycles. The zero-order valence-corrected chi connectivity index (χ0v) is 12.9. The molecule has 1 atom stereocenters. The third-order valence-electron chi connectivity index (χ3n) is 3.11. The number of benzene rings is 2. The second kappa shape index (κ2) is 7.09. The van der Waals surface area contributed by atoms with Crippen LogP contribution in [0.15, 0.2) is 53.0 Å². The van der Waals surface area contributed by atoms with Crippen LogP contribution < -0.4 is 0 Å². The van der Waals surface area contributed by atoms with Crippen molar-refractivity contribution in [2.24, 2.45) is 0 Å². The predicted octanol–water partition coefficient (Wildman–Crippen LogP) is 5.16. The topological polar surface area (TPSA) is 20.2 Å². The Labute approximate surface area is 127 Å². The van der Waals surface area contributed by atoms with E-state index in [2.05, 4.69) is 28.1 Å². The number of aliphatic hydroxyl groups excluding tert-OH is 1. The van der Waals surface area contributed by atoms with Gasteiger partial charge in [0.2, 0.25) is 0 Å². The fourth-order valence-electron chi connectivity index (χ4n) is 2.07. The molecule has 3 heteroatoms. The molecule has 0 saturated heterocycles. The minimum atomic E-state index is -0.449. The molecule has 0 aliphatic carbocycles. The molecule has 0 amide bonds. The zero-order chi connectivity index (χ0) is 13.7. The van der Waals surface area contributed by atoms with Crippen LogP contribution in [0.4, 0.5) is 0 Å². The summed E-state index contributed by atoms with van der Waals surface area (Å²) < 4.78 is 0.868. The molecule has 1 N–H and O–H groups in total. The van der Waals surface area contributed by atoms with Gasteiger partial charge in [-0.2, -0.15) is 0 Å². The predicted molar refractivity (Wildman–Crippen MR) is 83.5 cm³/mol. The first-order valence-corrected chi connectivity index (χ1v) is 7.51. The van der Waals surface area contributed by atoms with Gasteiger partial charge in [-0.25, -0.2) is 0 Å². The molecule has 0 bridgehead atoms. The quantitative estimate of drug-likeness (QED) is 0.798. The molecule has 0 fully saturated rings. The summed E-state index contributed by atoms with van der Waals surface area (Å²) >= 11 is 9.33. The van der Waals surface area contributed by atoms with Crippen molar-refractivity contribution in [2.75, 3.05) is 0 Å². The van der Waals surface area contributed by atoms with Crippen molar-refractivity contribution in [3.63, 3.8) is 0 Å². The van der Waals surface area contributed by atoms with Crippen LogP contribution in [0.3, 0.4) is 0 Å². The average molecular weight is 340 g/mol. The van der Waals surface area contributed by atoms with Crippen LogP contribution in [0.5, 0.6) is 0 Å². The zero-order valence-electron chi connectivity index (χ0n) is 10.5. The molecule has 1 nitrogen and oxygen atoms in total. The summed E-state index contributed by atoms with van der Waals surface area (Å²) in [5.41, 5.74) is 2.21. The van der Waals surface area contributed by atoms with Crippen molar-refractivity contribution in [3.05, 3.63) is 69.2 Å². The lowest BCUT2D eigenvalue weighted by Gasteiger charge is -2.13. The molecule has 100 valence electrons. The van der Waals surface area contributed by atoms with Gasteiger partial charge in [0.1, 0.15) is 0 Å². The van der Waals surface area contributed by atoms with Crippen LogP contribution in [0.25, 0.3) is 0 Å². The highest BCUT2D eigenvalue weighted by atomic mass is 79.9. The number of hydrogen-bond donors (Lipinski definition) is 1. The second-order valence-corrected chi connectivity index (χ2v) is 5.85. The van der Waals surface area contributed by atoms with Crippen molar-refractivity contribution in [1.29, 1.82) is 0 Å². The Morgan fingerprint density at radius 1 is 1.11 bits per heavy atom. The minimum absolute atomic E-state index is 0.449. The number of halogens is 2. The third-order valence-corrected chi connectivity index (χ3v) is 4.03. The largest absolute Gasteiger partial charge is 0.388 e. The van der Waals surface area contributed by atoms with Crippen LogP contribution in [0, 0.1) is 0 Å². The monoisotopic (exact) mass is 338 g/mol. The smallest absolute Gasteiger partial charge is 0.0801 e. The molecule has 0 spiro atoms. The summed E-state index contributed by atoms with van der Waals surface area (Å²) in [6.07, 6.45) is 2.24. The highest BCUT2D eigenvalue weighted by Gasteiger charge is 2.11. The van der Waals surface area contributed by atoms with E-state index in [1.807, 2.05) is 36.4 Å². The lowest BCUT2D eigenvalue weighted by atomic mass is 10.0. The molecule has 0 aliphatic rings. The summed E-state index contributed by atoms with van der Waals surface area (Å²) in [7, 11) is 0. The molecular weight excluding hydrogens is 324 g/mol. The summed E-state index contributed by atoms with van der Waals surface area (Å²) in [6, 6.07) is 15.8. The molecule has 1 unspecified atom stereocenters. The molecule has 19 heavy (non-hydrogen) atoms. The SMILES string of the molecule is OC(CCCc1ccccc1)c1ccc(Cl)cc1Br. The molecule has 0 saturated carbocycles. The van der Waals surface area contributed by atoms with Crippen LogP contribution in [0.2, 0.25) is 5.02 Å². The fourth-order valence-corrected chi connectivity index (χ4v) is 3.02. The Bertz CT molecular complexity index is 528. The maximum absolute atomic E-state index is 10.2. The van der Waals surface area contributed by atoms with E-state index in [-0.39, 0.29) is 0 Å². The van der Waals surface area contributed by atoms with Gasteiger partial charge in [-0.1, -0.05) is 63.9 Å². The van der Waals surface area contributed by atoms with Crippen molar-refractivity contribution < 1.29 is 5.11 Å². The highest BCUT2D eigenvalue weighted by Crippen LogP contribution is 2.29. The third kappa shape index (κ3) is 4.34. The van der Waals surface area contributed by atoms with Gasteiger partial charge < -0.3 is 5.11 Å². The first kappa shape index (κ1) is 14.6. The molecule has 0 aromatic heterocycles. The van der Waals surface area contributed by atoms with Gasteiger partial charge >= 0.3 is 0 Å². The Hall–Kier alpha value is -0.830. The molecule has 0 heterocycles. The van der Waals surface area contributed by atoms with E-state index < -0.39 is 6.10 Å². The van der Waals surface area contributed by atoms with E-state index in [1.165, 1.54) is 5.56 Å². The van der Waals surface area contributed by atoms with Crippen molar-refractivity contribution in [1.82, 2.24) is 0 Å². The Morgan fingerprint density at radius 3 is 2.53 bits per heavy atom. The van der Waals surface area contributed by atoms with Crippen molar-refractivity contribution >= 4 is 27.5 Å². The first-order chi connectivity index (χ1) is 9.16. The number of aryl methyl sites for hydroxylation is 1. The molecule has 0 radical (unpaired) electrons. The van der Waals surface area contributed by atoms with Crippen molar-refractivity contribution in [2.45, 2.75) is 25.4 Å². The van der Waals surface area contributed by atoms with Gasteiger partial charge in [0.15, 0.2) is 0 Å². The summed E-state index contributed by atoms with van der Waals surface area (Å²) in [6.45, 7) is 0. The highest BCUT2D eigenvalue weighted by molar-refractivity contribution is 9.10. The van der Waals surface area contributed by atoms with Gasteiger partial charge in [-0.3, -0.25) is 0 Å². The van der Waals surface area contributed by atoms with E-state index in [9.17, 15) is 5.11 Å². The van der Waals surface area contributed by atoms with Gasteiger partial charge in [0, 0.05) is 9.50 Å². The normalized spacial score (nSPS) is 12.4. The number of rotatable bonds is 5. The maximum Gasteiger partial charge on any atom is 0.0801 e. The Kier molecular flexibility index (Phi) is 5.44. The van der Waals surface area contributed by atoms with E-state index in [0.717, 1.165) is 29.3 Å². The van der Waals surface area contributed by atoms with Gasteiger partial charge in [-0.15, -0.1) is 0 Å². The van der Waals surface area contributed by atoms with E-state index in [0.29, 0.717) is 5.02 Å². The van der Waals surface area contributed by atoms with Crippen LogP contribution in [-0.4, -0.2) is 5.11 Å². The van der Waals surface area contributed by atoms with Crippen LogP contribution >= 0.6 is 27.5 Å². The first-order valence-electron chi connectivity index (χ1n) is 6.34. The second-order valence-electron chi connectivity index (χ2n) is 4.56. The van der Waals surface area contributed by atoms with Gasteiger partial charge in [-0.05, 0) is 42.5 Å². The Morgan fingerprint density at radius 2 is 1.84 bits per heavy atom.